The molecule has 0 aliphatic carbocycles. The molecule has 2 aromatic rings. The number of hydrogen-bond acceptors (Lipinski definition) is 4. The molecule has 0 amide bonds. The Morgan fingerprint density at radius 1 is 1.33 bits per heavy atom. The molecule has 0 saturated carbocycles. The summed E-state index contributed by atoms with van der Waals surface area (Å²) >= 11 is 0. The van der Waals surface area contributed by atoms with Crippen LogP contribution in [-0.4, -0.2) is 34.4 Å². The van der Waals surface area contributed by atoms with Gasteiger partial charge in [0.05, 0.1) is 11.1 Å². The maximum absolute atomic E-state index is 5.69. The second kappa shape index (κ2) is 5.15. The van der Waals surface area contributed by atoms with Gasteiger partial charge < -0.3 is 4.74 Å². The van der Waals surface area contributed by atoms with E-state index in [1.807, 2.05) is 6.92 Å². The van der Waals surface area contributed by atoms with Gasteiger partial charge in [-0.3, -0.25) is 0 Å². The van der Waals surface area contributed by atoms with Crippen molar-refractivity contribution >= 4 is 19.1 Å². The highest BCUT2D eigenvalue weighted by Gasteiger charge is 2.13. The standard InChI is InChI=1S/C12H20N4OSi/c1-10-11-7-13-8-14-12(11)16(15-10)9-17-5-6-18(2,3)4/h7-8H,5-6,9H2,1-4H3. The fraction of sp³-hybridized carbons (Fsp3) is 0.583. The second-order valence-corrected chi connectivity index (χ2v) is 11.3. The van der Waals surface area contributed by atoms with E-state index < -0.39 is 8.07 Å². The molecule has 6 heteroatoms. The van der Waals surface area contributed by atoms with Crippen LogP contribution in [0.2, 0.25) is 25.7 Å². The van der Waals surface area contributed by atoms with E-state index >= 15 is 0 Å². The highest BCUT2D eigenvalue weighted by molar-refractivity contribution is 6.76. The predicted molar refractivity (Wildman–Crippen MR) is 74.2 cm³/mol. The summed E-state index contributed by atoms with van der Waals surface area (Å²) in [5.74, 6) is 0. The van der Waals surface area contributed by atoms with Crippen LogP contribution in [0.4, 0.5) is 0 Å². The molecule has 0 aromatic carbocycles. The molecule has 0 spiro atoms. The number of aryl methyl sites for hydroxylation is 1. The summed E-state index contributed by atoms with van der Waals surface area (Å²) in [5.41, 5.74) is 1.79. The molecule has 0 aliphatic rings. The summed E-state index contributed by atoms with van der Waals surface area (Å²) in [5, 5.41) is 5.42. The lowest BCUT2D eigenvalue weighted by molar-refractivity contribution is 0.0810. The Balaban J connectivity index is 2.00. The SMILES string of the molecule is Cc1nn(COCC[Si](C)(C)C)c2ncncc12. The van der Waals surface area contributed by atoms with Crippen LogP contribution in [0.3, 0.4) is 0 Å². The molecular weight excluding hydrogens is 244 g/mol. The lowest BCUT2D eigenvalue weighted by atomic mass is 10.3. The molecular formula is C12H20N4OSi. The summed E-state index contributed by atoms with van der Waals surface area (Å²) in [6.45, 7) is 10.3. The molecule has 0 atom stereocenters. The molecule has 0 radical (unpaired) electrons. The normalized spacial score (nSPS) is 12.2. The Hall–Kier alpha value is -1.27. The van der Waals surface area contributed by atoms with Gasteiger partial charge in [-0.05, 0) is 13.0 Å². The van der Waals surface area contributed by atoms with E-state index in [2.05, 4.69) is 34.7 Å². The molecule has 0 N–H and O–H groups in total. The first kappa shape index (κ1) is 13.2. The van der Waals surface area contributed by atoms with Crippen molar-refractivity contribution in [2.75, 3.05) is 6.61 Å². The molecule has 0 saturated heterocycles. The number of rotatable bonds is 5. The average Bonchev–Trinajstić information content (AvgIpc) is 2.62. The molecule has 0 aliphatic heterocycles. The van der Waals surface area contributed by atoms with Crippen molar-refractivity contribution in [3.63, 3.8) is 0 Å². The third kappa shape index (κ3) is 3.14. The van der Waals surface area contributed by atoms with Gasteiger partial charge in [0.1, 0.15) is 13.1 Å². The largest absolute Gasteiger partial charge is 0.359 e. The first-order valence-electron chi connectivity index (χ1n) is 6.18. The fourth-order valence-corrected chi connectivity index (χ4v) is 2.44. The molecule has 5 nitrogen and oxygen atoms in total. The van der Waals surface area contributed by atoms with Crippen LogP contribution in [0.15, 0.2) is 12.5 Å². The lowest BCUT2D eigenvalue weighted by Gasteiger charge is -2.15. The summed E-state index contributed by atoms with van der Waals surface area (Å²) in [4.78, 5) is 8.26. The van der Waals surface area contributed by atoms with Crippen molar-refractivity contribution in [1.82, 2.24) is 19.7 Å². The zero-order valence-electron chi connectivity index (χ0n) is 11.5. The molecule has 2 aromatic heterocycles. The Morgan fingerprint density at radius 3 is 2.83 bits per heavy atom. The summed E-state index contributed by atoms with van der Waals surface area (Å²) in [6, 6.07) is 1.17. The Bertz CT molecular complexity index is 532. The number of aromatic nitrogens is 4. The molecule has 0 fully saturated rings. The Labute approximate surface area is 108 Å². The molecule has 0 unspecified atom stereocenters. The van der Waals surface area contributed by atoms with Crippen LogP contribution in [0.25, 0.3) is 11.0 Å². The van der Waals surface area contributed by atoms with E-state index in [1.54, 1.807) is 17.2 Å². The zero-order chi connectivity index (χ0) is 13.2. The van der Waals surface area contributed by atoms with Crippen molar-refractivity contribution in [2.45, 2.75) is 39.3 Å². The second-order valence-electron chi connectivity index (χ2n) is 5.69. The molecule has 18 heavy (non-hydrogen) atoms. The zero-order valence-corrected chi connectivity index (χ0v) is 12.5. The molecule has 2 heterocycles. The van der Waals surface area contributed by atoms with Crippen molar-refractivity contribution < 1.29 is 4.74 Å². The van der Waals surface area contributed by atoms with Gasteiger partial charge in [0.15, 0.2) is 5.65 Å². The molecule has 2 rings (SSSR count). The van der Waals surface area contributed by atoms with Gasteiger partial charge in [-0.1, -0.05) is 19.6 Å². The van der Waals surface area contributed by atoms with Gasteiger partial charge in [0.2, 0.25) is 0 Å². The number of nitrogens with zero attached hydrogens (tertiary/aromatic N) is 4. The minimum absolute atomic E-state index is 0.464. The van der Waals surface area contributed by atoms with Crippen molar-refractivity contribution in [2.24, 2.45) is 0 Å². The quantitative estimate of drug-likeness (QED) is 0.615. The van der Waals surface area contributed by atoms with Crippen LogP contribution < -0.4 is 0 Å². The van der Waals surface area contributed by atoms with Gasteiger partial charge in [-0.25, -0.2) is 14.6 Å². The van der Waals surface area contributed by atoms with E-state index in [0.29, 0.717) is 6.73 Å². The first-order chi connectivity index (χ1) is 8.47. The Kier molecular flexibility index (Phi) is 3.77. The van der Waals surface area contributed by atoms with Gasteiger partial charge in [0.25, 0.3) is 0 Å². The number of fused-ring (bicyclic) bond motifs is 1. The predicted octanol–water partition coefficient (Wildman–Crippen LogP) is 2.45. The number of hydrogen-bond donors (Lipinski definition) is 0. The summed E-state index contributed by atoms with van der Waals surface area (Å²) < 4.78 is 7.49. The van der Waals surface area contributed by atoms with Gasteiger partial charge >= 0.3 is 0 Å². The first-order valence-corrected chi connectivity index (χ1v) is 9.89. The lowest BCUT2D eigenvalue weighted by Crippen LogP contribution is -2.22. The monoisotopic (exact) mass is 264 g/mol. The average molecular weight is 264 g/mol. The van der Waals surface area contributed by atoms with Crippen molar-refractivity contribution in [3.05, 3.63) is 18.2 Å². The topological polar surface area (TPSA) is 52.8 Å². The third-order valence-electron chi connectivity index (χ3n) is 2.81. The number of ether oxygens (including phenoxy) is 1. The highest BCUT2D eigenvalue weighted by Crippen LogP contribution is 2.14. The smallest absolute Gasteiger partial charge is 0.163 e. The van der Waals surface area contributed by atoms with Gasteiger partial charge in [-0.2, -0.15) is 5.10 Å². The van der Waals surface area contributed by atoms with Crippen LogP contribution >= 0.6 is 0 Å². The maximum atomic E-state index is 5.69. The van der Waals surface area contributed by atoms with Gasteiger partial charge in [-0.15, -0.1) is 0 Å². The summed E-state index contributed by atoms with van der Waals surface area (Å²) in [6.07, 6.45) is 3.34. The van der Waals surface area contributed by atoms with E-state index in [4.69, 9.17) is 4.74 Å². The maximum Gasteiger partial charge on any atom is 0.163 e. The van der Waals surface area contributed by atoms with Crippen LogP contribution in [0.5, 0.6) is 0 Å². The molecule has 98 valence electrons. The van der Waals surface area contributed by atoms with Crippen molar-refractivity contribution in [1.29, 1.82) is 0 Å². The van der Waals surface area contributed by atoms with Crippen LogP contribution in [-0.2, 0) is 11.5 Å². The molecule has 0 bridgehead atoms. The van der Waals surface area contributed by atoms with Crippen LogP contribution in [0.1, 0.15) is 5.69 Å². The van der Waals surface area contributed by atoms with E-state index in [1.165, 1.54) is 6.04 Å². The highest BCUT2D eigenvalue weighted by atomic mass is 28.3. The van der Waals surface area contributed by atoms with Gasteiger partial charge in [0, 0.05) is 20.9 Å². The van der Waals surface area contributed by atoms with E-state index in [-0.39, 0.29) is 0 Å². The Morgan fingerprint density at radius 2 is 2.11 bits per heavy atom. The third-order valence-corrected chi connectivity index (χ3v) is 4.51. The van der Waals surface area contributed by atoms with E-state index in [0.717, 1.165) is 23.3 Å². The minimum Gasteiger partial charge on any atom is -0.359 e. The van der Waals surface area contributed by atoms with Crippen LogP contribution in [0, 0.1) is 6.92 Å². The fourth-order valence-electron chi connectivity index (χ4n) is 1.69. The van der Waals surface area contributed by atoms with E-state index in [9.17, 15) is 0 Å². The summed E-state index contributed by atoms with van der Waals surface area (Å²) in [7, 11) is -1.02. The van der Waals surface area contributed by atoms with Crippen molar-refractivity contribution in [3.8, 4) is 0 Å². The minimum atomic E-state index is -1.02.